The number of anilines is 1. The van der Waals surface area contributed by atoms with Gasteiger partial charge in [-0.15, -0.1) is 0 Å². The Morgan fingerprint density at radius 2 is 1.75 bits per heavy atom. The second kappa shape index (κ2) is 8.64. The number of sulfonamides is 1. The van der Waals surface area contributed by atoms with Crippen molar-refractivity contribution in [2.45, 2.75) is 36.1 Å². The number of piperidine rings is 1. The fourth-order valence-electron chi connectivity index (χ4n) is 4.47. The Labute approximate surface area is 186 Å². The molecule has 0 saturated carbocycles. The molecule has 0 aromatic heterocycles. The standard InChI is InChI=1S/C22H27F3N4O2S/c1-27(2)32(30,31)18-9-7-17(8-10-18)28-13-11-16(12-14-28)15-29-20-6-4-3-5-19(20)26-21(29)22(23,24)25/h3-10,16,20-21H,11-15H2,1-2H3. The van der Waals surface area contributed by atoms with Crippen molar-refractivity contribution in [1.82, 2.24) is 9.21 Å². The van der Waals surface area contributed by atoms with Crippen LogP contribution in [0.2, 0.25) is 0 Å². The minimum absolute atomic E-state index is 0.137. The Balaban J connectivity index is 1.39. The highest BCUT2D eigenvalue weighted by Crippen LogP contribution is 2.35. The van der Waals surface area contributed by atoms with E-state index in [0.717, 1.165) is 18.5 Å². The minimum atomic E-state index is -4.40. The van der Waals surface area contributed by atoms with Crippen molar-refractivity contribution in [3.8, 4) is 0 Å². The van der Waals surface area contributed by atoms with E-state index in [-0.39, 0.29) is 10.8 Å². The molecular formula is C22H27F3N4O2S. The Morgan fingerprint density at radius 3 is 2.34 bits per heavy atom. The van der Waals surface area contributed by atoms with Crippen LogP contribution in [0.3, 0.4) is 0 Å². The molecule has 174 valence electrons. The largest absolute Gasteiger partial charge is 0.424 e. The summed E-state index contributed by atoms with van der Waals surface area (Å²) in [4.78, 5) is 7.80. The first kappa shape index (κ1) is 23.0. The molecule has 4 rings (SSSR count). The van der Waals surface area contributed by atoms with Gasteiger partial charge in [0, 0.05) is 39.4 Å². The van der Waals surface area contributed by atoms with Gasteiger partial charge in [-0.05, 0) is 49.1 Å². The van der Waals surface area contributed by atoms with Crippen molar-refractivity contribution in [3.05, 3.63) is 48.6 Å². The van der Waals surface area contributed by atoms with Crippen molar-refractivity contribution in [1.29, 1.82) is 0 Å². The molecule has 1 aliphatic carbocycles. The third kappa shape index (κ3) is 4.49. The van der Waals surface area contributed by atoms with E-state index in [9.17, 15) is 21.6 Å². The molecule has 0 radical (unpaired) electrons. The maximum Gasteiger partial charge on any atom is 0.424 e. The van der Waals surface area contributed by atoms with E-state index >= 15 is 0 Å². The molecule has 2 unspecified atom stereocenters. The first-order valence-electron chi connectivity index (χ1n) is 10.6. The molecule has 2 aliphatic heterocycles. The molecule has 2 heterocycles. The topological polar surface area (TPSA) is 56.2 Å². The quantitative estimate of drug-likeness (QED) is 0.666. The second-order valence-corrected chi connectivity index (χ2v) is 10.7. The van der Waals surface area contributed by atoms with E-state index in [1.54, 1.807) is 48.6 Å². The van der Waals surface area contributed by atoms with E-state index in [0.29, 0.717) is 25.3 Å². The number of allylic oxidation sites excluding steroid dienone is 2. The zero-order valence-electron chi connectivity index (χ0n) is 18.0. The maximum absolute atomic E-state index is 13.6. The van der Waals surface area contributed by atoms with E-state index < -0.39 is 28.4 Å². The highest BCUT2D eigenvalue weighted by Gasteiger charge is 2.50. The molecular weight excluding hydrogens is 441 g/mol. The summed E-state index contributed by atoms with van der Waals surface area (Å²) in [5, 5.41) is 0. The molecule has 1 saturated heterocycles. The lowest BCUT2D eigenvalue weighted by Crippen LogP contribution is -2.49. The van der Waals surface area contributed by atoms with Gasteiger partial charge in [0.25, 0.3) is 0 Å². The van der Waals surface area contributed by atoms with Crippen LogP contribution in [0.15, 0.2) is 58.5 Å². The maximum atomic E-state index is 13.6. The predicted molar refractivity (Wildman–Crippen MR) is 118 cm³/mol. The van der Waals surface area contributed by atoms with Gasteiger partial charge in [0.05, 0.1) is 16.6 Å². The average molecular weight is 469 g/mol. The molecule has 3 aliphatic rings. The fourth-order valence-corrected chi connectivity index (χ4v) is 5.38. The van der Waals surface area contributed by atoms with Gasteiger partial charge in [-0.2, -0.15) is 13.2 Å². The highest BCUT2D eigenvalue weighted by molar-refractivity contribution is 7.89. The molecule has 2 atom stereocenters. The van der Waals surface area contributed by atoms with Gasteiger partial charge in [-0.3, -0.25) is 9.89 Å². The summed E-state index contributed by atoms with van der Waals surface area (Å²) in [5.41, 5.74) is 1.39. The number of nitrogens with zero attached hydrogens (tertiary/aromatic N) is 4. The number of alkyl halides is 3. The molecule has 1 aromatic carbocycles. The van der Waals surface area contributed by atoms with Gasteiger partial charge < -0.3 is 4.90 Å². The van der Waals surface area contributed by atoms with Crippen LogP contribution in [-0.2, 0) is 10.0 Å². The molecule has 0 N–H and O–H groups in total. The Kier molecular flexibility index (Phi) is 6.21. The summed E-state index contributed by atoms with van der Waals surface area (Å²) in [5.74, 6) is 0.137. The van der Waals surface area contributed by atoms with E-state index in [1.807, 2.05) is 0 Å². The third-order valence-electron chi connectivity index (χ3n) is 6.27. The number of halogens is 3. The lowest BCUT2D eigenvalue weighted by atomic mass is 9.94. The monoisotopic (exact) mass is 468 g/mol. The fraction of sp³-hybridized carbons (Fsp3) is 0.500. The van der Waals surface area contributed by atoms with E-state index in [4.69, 9.17) is 0 Å². The molecule has 1 aromatic rings. The molecule has 32 heavy (non-hydrogen) atoms. The van der Waals surface area contributed by atoms with Crippen molar-refractivity contribution in [3.63, 3.8) is 0 Å². The van der Waals surface area contributed by atoms with Crippen LogP contribution in [0.5, 0.6) is 0 Å². The predicted octanol–water partition coefficient (Wildman–Crippen LogP) is 3.29. The number of benzene rings is 1. The van der Waals surface area contributed by atoms with Crippen molar-refractivity contribution >= 4 is 21.4 Å². The van der Waals surface area contributed by atoms with Gasteiger partial charge in [0.2, 0.25) is 10.0 Å². The number of aliphatic imine (C=N–C) groups is 1. The molecule has 0 amide bonds. The van der Waals surface area contributed by atoms with Crippen molar-refractivity contribution in [2.75, 3.05) is 38.6 Å². The van der Waals surface area contributed by atoms with Crippen LogP contribution < -0.4 is 4.90 Å². The van der Waals surface area contributed by atoms with Gasteiger partial charge in [0.1, 0.15) is 0 Å². The number of rotatable bonds is 5. The van der Waals surface area contributed by atoms with E-state index in [2.05, 4.69) is 9.89 Å². The number of hydrogen-bond donors (Lipinski definition) is 0. The molecule has 10 heteroatoms. The van der Waals surface area contributed by atoms with Crippen LogP contribution in [0, 0.1) is 5.92 Å². The summed E-state index contributed by atoms with van der Waals surface area (Å²) in [7, 11) is -0.495. The third-order valence-corrected chi connectivity index (χ3v) is 8.10. The Bertz CT molecular complexity index is 1020. The van der Waals surface area contributed by atoms with Gasteiger partial charge in [0.15, 0.2) is 6.17 Å². The van der Waals surface area contributed by atoms with Gasteiger partial charge in [-0.25, -0.2) is 12.7 Å². The highest BCUT2D eigenvalue weighted by atomic mass is 32.2. The molecule has 0 bridgehead atoms. The van der Waals surface area contributed by atoms with E-state index in [1.165, 1.54) is 23.3 Å². The van der Waals surface area contributed by atoms with Crippen LogP contribution in [0.4, 0.5) is 18.9 Å². The normalized spacial score (nSPS) is 24.8. The summed E-state index contributed by atoms with van der Waals surface area (Å²) in [6.45, 7) is 1.76. The number of fused-ring (bicyclic) bond motifs is 1. The Morgan fingerprint density at radius 1 is 1.09 bits per heavy atom. The first-order chi connectivity index (χ1) is 15.1. The minimum Gasteiger partial charge on any atom is -0.372 e. The van der Waals surface area contributed by atoms with Crippen LogP contribution in [0.1, 0.15) is 12.8 Å². The van der Waals surface area contributed by atoms with Crippen LogP contribution in [0.25, 0.3) is 0 Å². The summed E-state index contributed by atoms with van der Waals surface area (Å²) in [6, 6.07) is 6.34. The summed E-state index contributed by atoms with van der Waals surface area (Å²) in [6.07, 6.45) is 2.27. The molecule has 0 spiro atoms. The van der Waals surface area contributed by atoms with Crippen LogP contribution in [-0.4, -0.2) is 75.4 Å². The zero-order valence-corrected chi connectivity index (χ0v) is 18.9. The van der Waals surface area contributed by atoms with Gasteiger partial charge in [-0.1, -0.05) is 18.2 Å². The van der Waals surface area contributed by atoms with Crippen molar-refractivity contribution in [2.24, 2.45) is 10.9 Å². The lowest BCUT2D eigenvalue weighted by molar-refractivity contribution is -0.180. The molecule has 6 nitrogen and oxygen atoms in total. The number of hydrogen-bond acceptors (Lipinski definition) is 5. The average Bonchev–Trinajstić information content (AvgIpc) is 3.13. The molecule has 1 fully saturated rings. The zero-order chi connectivity index (χ0) is 23.1. The second-order valence-electron chi connectivity index (χ2n) is 8.57. The first-order valence-corrected chi connectivity index (χ1v) is 12.0. The SMILES string of the molecule is CN(C)S(=O)(=O)c1ccc(N2CCC(CN3C4C=CC=CC4=NC3C(F)(F)F)CC2)cc1. The lowest BCUT2D eigenvalue weighted by Gasteiger charge is -2.38. The van der Waals surface area contributed by atoms with Crippen LogP contribution >= 0.6 is 0 Å². The summed E-state index contributed by atoms with van der Waals surface area (Å²) >= 11 is 0. The Hall–Kier alpha value is -2.17. The van der Waals surface area contributed by atoms with Crippen molar-refractivity contribution < 1.29 is 21.6 Å². The smallest absolute Gasteiger partial charge is 0.372 e. The summed E-state index contributed by atoms with van der Waals surface area (Å²) < 4.78 is 66.5. The van der Waals surface area contributed by atoms with Gasteiger partial charge >= 0.3 is 6.18 Å².